The lowest BCUT2D eigenvalue weighted by Crippen LogP contribution is -1.99. The highest BCUT2D eigenvalue weighted by molar-refractivity contribution is 7.99. The zero-order valence-electron chi connectivity index (χ0n) is 8.75. The largest absolute Gasteiger partial charge is 0.354 e. The van der Waals surface area contributed by atoms with Crippen LogP contribution in [0.4, 0.5) is 11.4 Å². The molecule has 0 bridgehead atoms. The molecular weight excluding hydrogens is 238 g/mol. The van der Waals surface area contributed by atoms with E-state index in [1.54, 1.807) is 11.8 Å². The van der Waals surface area contributed by atoms with E-state index in [-0.39, 0.29) is 0 Å². The van der Waals surface area contributed by atoms with Gasteiger partial charge in [0, 0.05) is 14.8 Å². The molecule has 1 heterocycles. The topological polar surface area (TPSA) is 12.0 Å². The third-order valence-electron chi connectivity index (χ3n) is 2.57. The van der Waals surface area contributed by atoms with Crippen molar-refractivity contribution in [3.8, 4) is 0 Å². The molecule has 2 aromatic carbocycles. The van der Waals surface area contributed by atoms with Gasteiger partial charge in [-0.1, -0.05) is 29.4 Å². The maximum atomic E-state index is 5.98. The fourth-order valence-electron chi connectivity index (χ4n) is 1.77. The third-order valence-corrected chi connectivity index (χ3v) is 3.94. The normalized spacial score (nSPS) is 12.6. The van der Waals surface area contributed by atoms with Crippen LogP contribution >= 0.6 is 23.4 Å². The summed E-state index contributed by atoms with van der Waals surface area (Å²) >= 11 is 7.76. The summed E-state index contributed by atoms with van der Waals surface area (Å²) in [5, 5.41) is 4.17. The Balaban J connectivity index is 2.09. The van der Waals surface area contributed by atoms with Gasteiger partial charge >= 0.3 is 0 Å². The highest BCUT2D eigenvalue weighted by Gasteiger charge is 2.15. The first-order chi connectivity index (χ1) is 7.72. The number of anilines is 2. The molecule has 0 saturated heterocycles. The van der Waals surface area contributed by atoms with Crippen molar-refractivity contribution in [3.05, 3.63) is 47.0 Å². The molecule has 1 aliphatic rings. The van der Waals surface area contributed by atoms with E-state index >= 15 is 0 Å². The SMILES string of the molecule is Cc1ccc2c(c1)Sc1ccc(Cl)cc1N2. The molecule has 1 aliphatic heterocycles. The monoisotopic (exact) mass is 247 g/mol. The highest BCUT2D eigenvalue weighted by atomic mass is 35.5. The van der Waals surface area contributed by atoms with Crippen LogP contribution in [0.5, 0.6) is 0 Å². The Morgan fingerprint density at radius 1 is 1.00 bits per heavy atom. The molecule has 1 N–H and O–H groups in total. The Morgan fingerprint density at radius 2 is 1.88 bits per heavy atom. The molecule has 0 fully saturated rings. The van der Waals surface area contributed by atoms with Gasteiger partial charge in [0.15, 0.2) is 0 Å². The van der Waals surface area contributed by atoms with E-state index in [2.05, 4.69) is 36.5 Å². The fraction of sp³-hybridized carbons (Fsp3) is 0.0769. The van der Waals surface area contributed by atoms with E-state index in [9.17, 15) is 0 Å². The predicted molar refractivity (Wildman–Crippen MR) is 70.0 cm³/mol. The molecule has 0 unspecified atom stereocenters. The Labute approximate surface area is 104 Å². The molecule has 0 amide bonds. The molecule has 3 heteroatoms. The quantitative estimate of drug-likeness (QED) is 0.609. The van der Waals surface area contributed by atoms with E-state index in [1.807, 2.05) is 12.1 Å². The molecule has 16 heavy (non-hydrogen) atoms. The van der Waals surface area contributed by atoms with Crippen LogP contribution in [0.15, 0.2) is 46.2 Å². The zero-order chi connectivity index (χ0) is 11.1. The first-order valence-corrected chi connectivity index (χ1v) is 6.27. The van der Waals surface area contributed by atoms with Crippen molar-refractivity contribution in [1.29, 1.82) is 0 Å². The fourth-order valence-corrected chi connectivity index (χ4v) is 3.01. The third kappa shape index (κ3) is 1.68. The van der Waals surface area contributed by atoms with Crippen LogP contribution < -0.4 is 5.32 Å². The average molecular weight is 248 g/mol. The minimum Gasteiger partial charge on any atom is -0.354 e. The summed E-state index contributed by atoms with van der Waals surface area (Å²) in [5.41, 5.74) is 3.53. The average Bonchev–Trinajstić information content (AvgIpc) is 2.26. The predicted octanol–water partition coefficient (Wildman–Crippen LogP) is 4.86. The van der Waals surface area contributed by atoms with Crippen LogP contribution in [-0.2, 0) is 0 Å². The summed E-state index contributed by atoms with van der Waals surface area (Å²) in [5.74, 6) is 0. The molecule has 0 radical (unpaired) electrons. The van der Waals surface area contributed by atoms with E-state index < -0.39 is 0 Å². The molecule has 0 aromatic heterocycles. The van der Waals surface area contributed by atoms with Crippen LogP contribution in [0, 0.1) is 6.92 Å². The van der Waals surface area contributed by atoms with E-state index in [1.165, 1.54) is 15.4 Å². The van der Waals surface area contributed by atoms with E-state index in [0.717, 1.165) is 16.4 Å². The van der Waals surface area contributed by atoms with Crippen molar-refractivity contribution in [1.82, 2.24) is 0 Å². The highest BCUT2D eigenvalue weighted by Crippen LogP contribution is 2.44. The summed E-state index contributed by atoms with van der Waals surface area (Å²) in [6.45, 7) is 2.11. The van der Waals surface area contributed by atoms with Gasteiger partial charge < -0.3 is 5.32 Å². The number of rotatable bonds is 0. The van der Waals surface area contributed by atoms with Gasteiger partial charge in [0.05, 0.1) is 11.4 Å². The van der Waals surface area contributed by atoms with Crippen molar-refractivity contribution in [2.45, 2.75) is 16.7 Å². The Morgan fingerprint density at radius 3 is 2.75 bits per heavy atom. The molecule has 3 rings (SSSR count). The van der Waals surface area contributed by atoms with Crippen molar-refractivity contribution in [3.63, 3.8) is 0 Å². The standard InChI is InChI=1S/C13H10ClNS/c1-8-2-4-10-13(6-8)16-12-5-3-9(14)7-11(12)15-10/h2-7,15H,1H3. The van der Waals surface area contributed by atoms with Crippen molar-refractivity contribution in [2.24, 2.45) is 0 Å². The number of benzene rings is 2. The molecule has 0 saturated carbocycles. The maximum absolute atomic E-state index is 5.98. The second kappa shape index (κ2) is 3.72. The lowest BCUT2D eigenvalue weighted by Gasteiger charge is -2.21. The van der Waals surface area contributed by atoms with Gasteiger partial charge in [-0.3, -0.25) is 0 Å². The van der Waals surface area contributed by atoms with Crippen LogP contribution in [0.2, 0.25) is 5.02 Å². The smallest absolute Gasteiger partial charge is 0.0541 e. The van der Waals surface area contributed by atoms with Gasteiger partial charge in [-0.15, -0.1) is 0 Å². The Kier molecular flexibility index (Phi) is 2.34. The second-order valence-corrected chi connectivity index (χ2v) is 5.39. The second-order valence-electron chi connectivity index (χ2n) is 3.87. The van der Waals surface area contributed by atoms with Gasteiger partial charge in [-0.25, -0.2) is 0 Å². The summed E-state index contributed by atoms with van der Waals surface area (Å²) in [6.07, 6.45) is 0. The summed E-state index contributed by atoms with van der Waals surface area (Å²) < 4.78 is 0. The van der Waals surface area contributed by atoms with E-state index in [4.69, 9.17) is 11.6 Å². The van der Waals surface area contributed by atoms with Crippen LogP contribution in [0.3, 0.4) is 0 Å². The van der Waals surface area contributed by atoms with Crippen molar-refractivity contribution < 1.29 is 0 Å². The Bertz CT molecular complexity index is 514. The summed E-state index contributed by atoms with van der Waals surface area (Å²) in [4.78, 5) is 2.50. The number of hydrogen-bond acceptors (Lipinski definition) is 2. The van der Waals surface area contributed by atoms with Crippen molar-refractivity contribution >= 4 is 34.7 Å². The minimum absolute atomic E-state index is 0.766. The minimum atomic E-state index is 0.766. The number of halogens is 1. The number of fused-ring (bicyclic) bond motifs is 2. The number of hydrogen-bond donors (Lipinski definition) is 1. The van der Waals surface area contributed by atoms with Crippen LogP contribution in [-0.4, -0.2) is 0 Å². The van der Waals surface area contributed by atoms with Gasteiger partial charge in [0.1, 0.15) is 0 Å². The molecule has 2 aromatic rings. The van der Waals surface area contributed by atoms with Gasteiger partial charge in [0.25, 0.3) is 0 Å². The lowest BCUT2D eigenvalue weighted by atomic mass is 10.2. The lowest BCUT2D eigenvalue weighted by molar-refractivity contribution is 1.29. The zero-order valence-corrected chi connectivity index (χ0v) is 10.3. The molecule has 80 valence electrons. The number of nitrogens with one attached hydrogen (secondary N) is 1. The van der Waals surface area contributed by atoms with E-state index in [0.29, 0.717) is 0 Å². The molecule has 0 spiro atoms. The van der Waals surface area contributed by atoms with Crippen LogP contribution in [0.1, 0.15) is 5.56 Å². The van der Waals surface area contributed by atoms with Crippen molar-refractivity contribution in [2.75, 3.05) is 5.32 Å². The Hall–Kier alpha value is -1.12. The summed E-state index contributed by atoms with van der Waals surface area (Å²) in [6, 6.07) is 12.4. The summed E-state index contributed by atoms with van der Waals surface area (Å²) in [7, 11) is 0. The van der Waals surface area contributed by atoms with Gasteiger partial charge in [-0.05, 0) is 42.8 Å². The number of aryl methyl sites for hydroxylation is 1. The molecular formula is C13H10ClNS. The van der Waals surface area contributed by atoms with Gasteiger partial charge in [-0.2, -0.15) is 0 Å². The maximum Gasteiger partial charge on any atom is 0.0541 e. The molecule has 1 nitrogen and oxygen atoms in total. The van der Waals surface area contributed by atoms with Gasteiger partial charge in [0.2, 0.25) is 0 Å². The molecule has 0 aliphatic carbocycles. The first kappa shape index (κ1) is 10.1. The van der Waals surface area contributed by atoms with Crippen LogP contribution in [0.25, 0.3) is 0 Å². The molecule has 0 atom stereocenters. The first-order valence-electron chi connectivity index (χ1n) is 5.07.